The van der Waals surface area contributed by atoms with Crippen molar-refractivity contribution in [1.82, 2.24) is 0 Å². The van der Waals surface area contributed by atoms with Crippen LogP contribution < -0.4 is 10.1 Å². The van der Waals surface area contributed by atoms with Crippen LogP contribution in [0.15, 0.2) is 42.5 Å². The number of methoxy groups -OCH3 is 1. The molecule has 0 unspecified atom stereocenters. The molecule has 0 radical (unpaired) electrons. The number of hydrogen-bond acceptors (Lipinski definition) is 3. The maximum Gasteiger partial charge on any atom is 0.255 e. The Morgan fingerprint density at radius 1 is 1.21 bits per heavy atom. The zero-order valence-corrected chi connectivity index (χ0v) is 10.9. The first kappa shape index (κ1) is 13.2. The lowest BCUT2D eigenvalue weighted by Gasteiger charge is -2.08. The van der Waals surface area contributed by atoms with Crippen molar-refractivity contribution in [2.24, 2.45) is 0 Å². The second-order valence-electron chi connectivity index (χ2n) is 3.85. The van der Waals surface area contributed by atoms with Crippen LogP contribution in [0.5, 0.6) is 11.5 Å². The predicted molar refractivity (Wildman–Crippen MR) is 74.1 cm³/mol. The van der Waals surface area contributed by atoms with E-state index in [1.807, 2.05) is 0 Å². The van der Waals surface area contributed by atoms with Gasteiger partial charge in [0.25, 0.3) is 5.91 Å². The lowest BCUT2D eigenvalue weighted by atomic mass is 10.2. The van der Waals surface area contributed by atoms with Crippen LogP contribution in [0.1, 0.15) is 10.4 Å². The second kappa shape index (κ2) is 5.63. The Bertz CT molecular complexity index is 596. The smallest absolute Gasteiger partial charge is 0.255 e. The topological polar surface area (TPSA) is 58.6 Å². The third-order valence-electron chi connectivity index (χ3n) is 2.54. The van der Waals surface area contributed by atoms with Crippen molar-refractivity contribution in [2.75, 3.05) is 12.4 Å². The van der Waals surface area contributed by atoms with E-state index in [2.05, 4.69) is 5.32 Å². The van der Waals surface area contributed by atoms with Crippen molar-refractivity contribution >= 4 is 23.2 Å². The maximum atomic E-state index is 12.0. The van der Waals surface area contributed by atoms with Crippen LogP contribution in [0.4, 0.5) is 5.69 Å². The highest BCUT2D eigenvalue weighted by Gasteiger charge is 2.09. The van der Waals surface area contributed by atoms with Gasteiger partial charge in [0.05, 0.1) is 7.11 Å². The van der Waals surface area contributed by atoms with Crippen LogP contribution in [0.3, 0.4) is 0 Å². The van der Waals surface area contributed by atoms with Crippen molar-refractivity contribution in [3.8, 4) is 11.5 Å². The summed E-state index contributed by atoms with van der Waals surface area (Å²) < 4.78 is 4.95. The molecule has 0 aliphatic heterocycles. The molecule has 5 heteroatoms. The molecule has 2 rings (SSSR count). The number of carbonyl (C=O) groups is 1. The van der Waals surface area contributed by atoms with Gasteiger partial charge in [0.2, 0.25) is 0 Å². The lowest BCUT2D eigenvalue weighted by Crippen LogP contribution is -2.11. The first-order chi connectivity index (χ1) is 9.10. The molecule has 0 atom stereocenters. The number of halogens is 1. The van der Waals surface area contributed by atoms with E-state index in [4.69, 9.17) is 16.3 Å². The van der Waals surface area contributed by atoms with E-state index < -0.39 is 0 Å². The largest absolute Gasteiger partial charge is 0.504 e. The van der Waals surface area contributed by atoms with Gasteiger partial charge in [-0.25, -0.2) is 0 Å². The summed E-state index contributed by atoms with van der Waals surface area (Å²) in [6.07, 6.45) is 0. The van der Waals surface area contributed by atoms with E-state index in [0.717, 1.165) is 0 Å². The number of benzene rings is 2. The zero-order valence-electron chi connectivity index (χ0n) is 10.2. The second-order valence-corrected chi connectivity index (χ2v) is 4.28. The Morgan fingerprint density at radius 3 is 2.53 bits per heavy atom. The first-order valence-electron chi connectivity index (χ1n) is 5.54. The summed E-state index contributed by atoms with van der Waals surface area (Å²) in [5.74, 6) is -0.0464. The molecule has 98 valence electrons. The molecule has 0 bridgehead atoms. The minimum atomic E-state index is -0.291. The van der Waals surface area contributed by atoms with E-state index in [1.54, 1.807) is 24.3 Å². The normalized spacial score (nSPS) is 10.0. The van der Waals surface area contributed by atoms with Gasteiger partial charge in [-0.1, -0.05) is 11.6 Å². The molecule has 2 N–H and O–H groups in total. The van der Waals surface area contributed by atoms with Crippen LogP contribution in [-0.2, 0) is 0 Å². The quantitative estimate of drug-likeness (QED) is 0.905. The summed E-state index contributed by atoms with van der Waals surface area (Å²) in [7, 11) is 1.43. The molecule has 4 nitrogen and oxygen atoms in total. The Balaban J connectivity index is 2.18. The number of anilines is 1. The van der Waals surface area contributed by atoms with E-state index in [0.29, 0.717) is 16.3 Å². The highest BCUT2D eigenvalue weighted by atomic mass is 35.5. The molecule has 2 aromatic rings. The number of nitrogens with one attached hydrogen (secondary N) is 1. The van der Waals surface area contributed by atoms with E-state index in [-0.39, 0.29) is 17.4 Å². The number of ether oxygens (including phenoxy) is 1. The van der Waals surface area contributed by atoms with Crippen molar-refractivity contribution in [2.45, 2.75) is 0 Å². The third-order valence-corrected chi connectivity index (χ3v) is 2.80. The number of amides is 1. The molecule has 0 spiro atoms. The van der Waals surface area contributed by atoms with Crippen LogP contribution in [0.2, 0.25) is 5.02 Å². The van der Waals surface area contributed by atoms with Gasteiger partial charge in [-0.3, -0.25) is 4.79 Å². The summed E-state index contributed by atoms with van der Waals surface area (Å²) in [6.45, 7) is 0. The number of aromatic hydroxyl groups is 1. The molecule has 19 heavy (non-hydrogen) atoms. The fourth-order valence-electron chi connectivity index (χ4n) is 1.56. The van der Waals surface area contributed by atoms with E-state index >= 15 is 0 Å². The summed E-state index contributed by atoms with van der Waals surface area (Å²) in [5, 5.41) is 12.8. The number of phenolic OH excluding ortho intramolecular Hbond substituents is 1. The van der Waals surface area contributed by atoms with Gasteiger partial charge in [-0.15, -0.1) is 0 Å². The molecule has 0 saturated heterocycles. The van der Waals surface area contributed by atoms with Crippen molar-refractivity contribution < 1.29 is 14.6 Å². The van der Waals surface area contributed by atoms with Crippen molar-refractivity contribution in [3.63, 3.8) is 0 Å². The monoisotopic (exact) mass is 277 g/mol. The van der Waals surface area contributed by atoms with Gasteiger partial charge in [0.1, 0.15) is 0 Å². The molecule has 0 fully saturated rings. The average Bonchev–Trinajstić information content (AvgIpc) is 2.42. The fourth-order valence-corrected chi connectivity index (χ4v) is 1.68. The van der Waals surface area contributed by atoms with Gasteiger partial charge < -0.3 is 15.2 Å². The van der Waals surface area contributed by atoms with Crippen LogP contribution >= 0.6 is 11.6 Å². The molecule has 2 aromatic carbocycles. The number of hydrogen-bond donors (Lipinski definition) is 2. The fraction of sp³-hybridized carbons (Fsp3) is 0.0714. The molecule has 0 aliphatic rings. The summed E-state index contributed by atoms with van der Waals surface area (Å²) in [6, 6.07) is 11.2. The first-order valence-corrected chi connectivity index (χ1v) is 5.92. The number of rotatable bonds is 3. The summed E-state index contributed by atoms with van der Waals surface area (Å²) >= 11 is 5.77. The van der Waals surface area contributed by atoms with Crippen LogP contribution in [0.25, 0.3) is 0 Å². The van der Waals surface area contributed by atoms with E-state index in [1.165, 1.54) is 25.3 Å². The summed E-state index contributed by atoms with van der Waals surface area (Å²) in [5.41, 5.74) is 1.03. The third kappa shape index (κ3) is 3.17. The molecule has 0 heterocycles. The maximum absolute atomic E-state index is 12.0. The van der Waals surface area contributed by atoms with Gasteiger partial charge >= 0.3 is 0 Å². The van der Waals surface area contributed by atoms with Crippen LogP contribution in [-0.4, -0.2) is 18.1 Å². The zero-order chi connectivity index (χ0) is 13.8. The molecule has 0 saturated carbocycles. The molecule has 0 aliphatic carbocycles. The average molecular weight is 278 g/mol. The number of phenols is 1. The van der Waals surface area contributed by atoms with Crippen molar-refractivity contribution in [1.29, 1.82) is 0 Å². The highest BCUT2D eigenvalue weighted by molar-refractivity contribution is 6.30. The minimum Gasteiger partial charge on any atom is -0.504 e. The highest BCUT2D eigenvalue weighted by Crippen LogP contribution is 2.26. The molecule has 0 aromatic heterocycles. The number of carbonyl (C=O) groups excluding carboxylic acids is 1. The molecular weight excluding hydrogens is 266 g/mol. The Kier molecular flexibility index (Phi) is 3.92. The Labute approximate surface area is 115 Å². The van der Waals surface area contributed by atoms with Gasteiger partial charge in [-0.2, -0.15) is 0 Å². The minimum absolute atomic E-state index is 0.00876. The Hall–Kier alpha value is -2.20. The van der Waals surface area contributed by atoms with Crippen molar-refractivity contribution in [3.05, 3.63) is 53.1 Å². The van der Waals surface area contributed by atoms with Crippen LogP contribution in [0, 0.1) is 0 Å². The van der Waals surface area contributed by atoms with Gasteiger partial charge in [-0.05, 0) is 42.5 Å². The molecular formula is C14H12ClNO3. The molecule has 1 amide bonds. The lowest BCUT2D eigenvalue weighted by molar-refractivity contribution is 0.102. The standard InChI is InChI=1S/C14H12ClNO3/c1-19-13-8-9(2-7-12(13)17)14(18)16-11-5-3-10(15)4-6-11/h2-8,17H,1H3,(H,16,18). The van der Waals surface area contributed by atoms with Gasteiger partial charge in [0, 0.05) is 16.3 Å². The summed E-state index contributed by atoms with van der Waals surface area (Å²) in [4.78, 5) is 12.0. The van der Waals surface area contributed by atoms with Gasteiger partial charge in [0.15, 0.2) is 11.5 Å². The SMILES string of the molecule is COc1cc(C(=O)Nc2ccc(Cl)cc2)ccc1O. The van der Waals surface area contributed by atoms with E-state index in [9.17, 15) is 9.90 Å². The predicted octanol–water partition coefficient (Wildman–Crippen LogP) is 3.31. The Morgan fingerprint density at radius 2 is 1.89 bits per heavy atom.